The highest BCUT2D eigenvalue weighted by atomic mass is 15.3. The van der Waals surface area contributed by atoms with Crippen LogP contribution in [0.5, 0.6) is 0 Å². The van der Waals surface area contributed by atoms with Crippen molar-refractivity contribution in [3.8, 4) is 11.4 Å². The Hall–Kier alpha value is -1.84. The Balaban J connectivity index is 2.54. The third kappa shape index (κ3) is 1.35. The van der Waals surface area contributed by atoms with Gasteiger partial charge in [-0.15, -0.1) is 0 Å². The minimum Gasteiger partial charge on any atom is -0.397 e. The van der Waals surface area contributed by atoms with E-state index in [0.717, 1.165) is 17.9 Å². The number of hydrogen-bond donors (Lipinski definition) is 1. The Kier molecular flexibility index (Phi) is 2.18. The zero-order valence-electron chi connectivity index (χ0n) is 8.01. The SMILES string of the molecule is CCn1nccc1-c1ncccc1N. The second kappa shape index (κ2) is 3.49. The predicted octanol–water partition coefficient (Wildman–Crippen LogP) is 1.55. The second-order valence-electron chi connectivity index (χ2n) is 2.97. The van der Waals surface area contributed by atoms with E-state index in [1.165, 1.54) is 0 Å². The van der Waals surface area contributed by atoms with Crippen molar-refractivity contribution in [1.82, 2.24) is 14.8 Å². The Morgan fingerprint density at radius 2 is 2.21 bits per heavy atom. The summed E-state index contributed by atoms with van der Waals surface area (Å²) in [5.74, 6) is 0. The van der Waals surface area contributed by atoms with E-state index in [0.29, 0.717) is 5.69 Å². The quantitative estimate of drug-likeness (QED) is 0.777. The van der Waals surface area contributed by atoms with Crippen LogP contribution in [0.1, 0.15) is 6.92 Å². The fourth-order valence-electron chi connectivity index (χ4n) is 1.42. The predicted molar refractivity (Wildman–Crippen MR) is 55.5 cm³/mol. The first-order valence-electron chi connectivity index (χ1n) is 4.55. The highest BCUT2D eigenvalue weighted by Crippen LogP contribution is 2.21. The van der Waals surface area contributed by atoms with Crippen LogP contribution < -0.4 is 5.73 Å². The van der Waals surface area contributed by atoms with E-state index in [4.69, 9.17) is 5.73 Å². The van der Waals surface area contributed by atoms with Crippen LogP contribution in [0.25, 0.3) is 11.4 Å². The molecular weight excluding hydrogens is 176 g/mol. The lowest BCUT2D eigenvalue weighted by Gasteiger charge is -2.05. The molecule has 0 aliphatic heterocycles. The van der Waals surface area contributed by atoms with Crippen molar-refractivity contribution in [3.05, 3.63) is 30.6 Å². The molecule has 0 aromatic carbocycles. The first-order chi connectivity index (χ1) is 6.83. The van der Waals surface area contributed by atoms with E-state index >= 15 is 0 Å². The lowest BCUT2D eigenvalue weighted by molar-refractivity contribution is 0.666. The number of nitrogen functional groups attached to an aromatic ring is 1. The van der Waals surface area contributed by atoms with Gasteiger partial charge in [-0.2, -0.15) is 5.10 Å². The molecule has 72 valence electrons. The van der Waals surface area contributed by atoms with Crippen molar-refractivity contribution < 1.29 is 0 Å². The van der Waals surface area contributed by atoms with Crippen molar-refractivity contribution >= 4 is 5.69 Å². The van der Waals surface area contributed by atoms with Gasteiger partial charge in [-0.1, -0.05) is 0 Å². The van der Waals surface area contributed by atoms with Crippen molar-refractivity contribution in [2.24, 2.45) is 0 Å². The van der Waals surface area contributed by atoms with Gasteiger partial charge in [0.05, 0.1) is 11.4 Å². The van der Waals surface area contributed by atoms with Gasteiger partial charge < -0.3 is 5.73 Å². The fraction of sp³-hybridized carbons (Fsp3) is 0.200. The normalized spacial score (nSPS) is 10.4. The molecule has 0 saturated heterocycles. The summed E-state index contributed by atoms with van der Waals surface area (Å²) in [6.07, 6.45) is 3.49. The molecule has 0 unspecified atom stereocenters. The van der Waals surface area contributed by atoms with Gasteiger partial charge in [0.1, 0.15) is 5.69 Å². The Bertz CT molecular complexity index is 433. The summed E-state index contributed by atoms with van der Waals surface area (Å²) in [7, 11) is 0. The van der Waals surface area contributed by atoms with Crippen LogP contribution >= 0.6 is 0 Å². The monoisotopic (exact) mass is 188 g/mol. The van der Waals surface area contributed by atoms with Gasteiger partial charge in [-0.3, -0.25) is 9.67 Å². The van der Waals surface area contributed by atoms with Gasteiger partial charge in [0.2, 0.25) is 0 Å². The molecule has 0 radical (unpaired) electrons. The molecule has 0 aliphatic carbocycles. The largest absolute Gasteiger partial charge is 0.397 e. The van der Waals surface area contributed by atoms with E-state index in [-0.39, 0.29) is 0 Å². The number of anilines is 1. The summed E-state index contributed by atoms with van der Waals surface area (Å²) in [6, 6.07) is 5.59. The van der Waals surface area contributed by atoms with Gasteiger partial charge in [0, 0.05) is 18.9 Å². The Labute approximate surface area is 82.4 Å². The molecule has 0 aliphatic rings. The third-order valence-electron chi connectivity index (χ3n) is 2.10. The molecule has 14 heavy (non-hydrogen) atoms. The smallest absolute Gasteiger partial charge is 0.111 e. The van der Waals surface area contributed by atoms with Gasteiger partial charge in [0.15, 0.2) is 0 Å². The van der Waals surface area contributed by atoms with E-state index in [9.17, 15) is 0 Å². The molecule has 2 heterocycles. The topological polar surface area (TPSA) is 56.7 Å². The summed E-state index contributed by atoms with van der Waals surface area (Å²) in [4.78, 5) is 4.24. The number of hydrogen-bond acceptors (Lipinski definition) is 3. The summed E-state index contributed by atoms with van der Waals surface area (Å²) in [6.45, 7) is 2.86. The van der Waals surface area contributed by atoms with Crippen LogP contribution in [-0.2, 0) is 6.54 Å². The summed E-state index contributed by atoms with van der Waals surface area (Å²) < 4.78 is 1.87. The van der Waals surface area contributed by atoms with Crippen molar-refractivity contribution in [2.45, 2.75) is 13.5 Å². The average molecular weight is 188 g/mol. The molecular formula is C10H12N4. The summed E-state index contributed by atoms with van der Waals surface area (Å²) in [5, 5.41) is 4.17. The van der Waals surface area contributed by atoms with Crippen LogP contribution in [0.2, 0.25) is 0 Å². The van der Waals surface area contributed by atoms with Gasteiger partial charge in [-0.05, 0) is 25.1 Å². The molecule has 0 spiro atoms. The molecule has 2 rings (SSSR count). The minimum atomic E-state index is 0.683. The highest BCUT2D eigenvalue weighted by molar-refractivity contribution is 5.69. The summed E-state index contributed by atoms with van der Waals surface area (Å²) in [5.41, 5.74) is 8.28. The van der Waals surface area contributed by atoms with Crippen LogP contribution in [0.4, 0.5) is 5.69 Å². The van der Waals surface area contributed by atoms with Crippen molar-refractivity contribution in [2.75, 3.05) is 5.73 Å². The standard InChI is InChI=1S/C10H12N4/c1-2-14-9(5-7-13-14)10-8(11)4-3-6-12-10/h3-7H,2,11H2,1H3. The van der Waals surface area contributed by atoms with Crippen LogP contribution in [0, 0.1) is 0 Å². The van der Waals surface area contributed by atoms with Crippen molar-refractivity contribution in [3.63, 3.8) is 0 Å². The number of nitrogens with two attached hydrogens (primary N) is 1. The minimum absolute atomic E-state index is 0.683. The lowest BCUT2D eigenvalue weighted by atomic mass is 10.2. The molecule has 0 saturated carbocycles. The number of pyridine rings is 1. The zero-order chi connectivity index (χ0) is 9.97. The average Bonchev–Trinajstić information content (AvgIpc) is 2.66. The maximum absolute atomic E-state index is 5.83. The molecule has 0 fully saturated rings. The van der Waals surface area contributed by atoms with Gasteiger partial charge in [-0.25, -0.2) is 0 Å². The Morgan fingerprint density at radius 1 is 1.36 bits per heavy atom. The van der Waals surface area contributed by atoms with E-state index in [1.807, 2.05) is 29.8 Å². The lowest BCUT2D eigenvalue weighted by Crippen LogP contribution is -2.01. The highest BCUT2D eigenvalue weighted by Gasteiger charge is 2.07. The molecule has 2 N–H and O–H groups in total. The molecule has 2 aromatic rings. The first kappa shape index (κ1) is 8.74. The van der Waals surface area contributed by atoms with Gasteiger partial charge >= 0.3 is 0 Å². The second-order valence-corrected chi connectivity index (χ2v) is 2.97. The summed E-state index contributed by atoms with van der Waals surface area (Å²) >= 11 is 0. The zero-order valence-corrected chi connectivity index (χ0v) is 8.01. The molecule has 2 aromatic heterocycles. The number of aryl methyl sites for hydroxylation is 1. The molecule has 0 atom stereocenters. The molecule has 4 heteroatoms. The van der Waals surface area contributed by atoms with Crippen LogP contribution in [-0.4, -0.2) is 14.8 Å². The van der Waals surface area contributed by atoms with Crippen LogP contribution in [0.3, 0.4) is 0 Å². The number of aromatic nitrogens is 3. The Morgan fingerprint density at radius 3 is 2.93 bits per heavy atom. The third-order valence-corrected chi connectivity index (χ3v) is 2.10. The maximum atomic E-state index is 5.83. The molecule has 4 nitrogen and oxygen atoms in total. The van der Waals surface area contributed by atoms with E-state index in [1.54, 1.807) is 12.4 Å². The number of nitrogens with zero attached hydrogens (tertiary/aromatic N) is 3. The first-order valence-corrected chi connectivity index (χ1v) is 4.55. The van der Waals surface area contributed by atoms with E-state index in [2.05, 4.69) is 10.1 Å². The molecule has 0 bridgehead atoms. The van der Waals surface area contributed by atoms with Crippen LogP contribution in [0.15, 0.2) is 30.6 Å². The fourth-order valence-corrected chi connectivity index (χ4v) is 1.42. The molecule has 0 amide bonds. The van der Waals surface area contributed by atoms with E-state index < -0.39 is 0 Å². The van der Waals surface area contributed by atoms with Crippen molar-refractivity contribution in [1.29, 1.82) is 0 Å². The number of rotatable bonds is 2. The van der Waals surface area contributed by atoms with Gasteiger partial charge in [0.25, 0.3) is 0 Å². The maximum Gasteiger partial charge on any atom is 0.111 e.